The van der Waals surface area contributed by atoms with E-state index in [0.29, 0.717) is 11.3 Å². The van der Waals surface area contributed by atoms with Gasteiger partial charge in [-0.05, 0) is 54.1 Å². The molecule has 0 radical (unpaired) electrons. The maximum Gasteiger partial charge on any atom is 0.387 e. The number of rotatable bonds is 6. The Balaban J connectivity index is 1.96. The zero-order chi connectivity index (χ0) is 16.9. The van der Waals surface area contributed by atoms with Gasteiger partial charge in [-0.15, -0.1) is 0 Å². The smallest absolute Gasteiger partial charge is 0.387 e. The predicted molar refractivity (Wildman–Crippen MR) is 82.1 cm³/mol. The van der Waals surface area contributed by atoms with Crippen LogP contribution < -0.4 is 15.3 Å². The highest BCUT2D eigenvalue weighted by atomic mass is 32.2. The Kier molecular flexibility index (Phi) is 5.24. The summed E-state index contributed by atoms with van der Waals surface area (Å²) in [5.41, 5.74) is 3.93. The molecule has 2 rings (SSSR count). The third kappa shape index (κ3) is 5.31. The number of hydrogen-bond acceptors (Lipinski definition) is 5. The van der Waals surface area contributed by atoms with Crippen LogP contribution >= 0.6 is 0 Å². The van der Waals surface area contributed by atoms with Crippen LogP contribution in [-0.4, -0.2) is 21.2 Å². The Bertz CT molecular complexity index is 776. The highest BCUT2D eigenvalue weighted by Crippen LogP contribution is 2.15. The molecule has 0 spiro atoms. The van der Waals surface area contributed by atoms with Gasteiger partial charge in [0, 0.05) is 0 Å². The summed E-state index contributed by atoms with van der Waals surface area (Å²) >= 11 is 0. The van der Waals surface area contributed by atoms with Gasteiger partial charge in [0.15, 0.2) is 0 Å². The Morgan fingerprint density at radius 2 is 1.70 bits per heavy atom. The monoisotopic (exact) mass is 341 g/mol. The molecule has 122 valence electrons. The molecular formula is C14H13F2N3O3S. The van der Waals surface area contributed by atoms with Crippen molar-refractivity contribution in [3.63, 3.8) is 0 Å². The number of nitrogens with zero attached hydrogens (tertiary/aromatic N) is 1. The Hall–Kier alpha value is -2.52. The molecule has 0 bridgehead atoms. The van der Waals surface area contributed by atoms with Crippen molar-refractivity contribution in [1.29, 1.82) is 0 Å². The highest BCUT2D eigenvalue weighted by Gasteiger charge is 2.06. The molecule has 0 saturated heterocycles. The summed E-state index contributed by atoms with van der Waals surface area (Å²) in [4.78, 5) is 0.00153. The van der Waals surface area contributed by atoms with Gasteiger partial charge in [-0.25, -0.2) is 13.6 Å². The van der Waals surface area contributed by atoms with Gasteiger partial charge in [-0.3, -0.25) is 5.43 Å². The minimum absolute atomic E-state index is 0.00153. The number of hydrogen-bond donors (Lipinski definition) is 2. The number of benzene rings is 2. The SMILES string of the molecule is NS(=O)(=O)c1ccc(N/N=C\c2ccc(OC(F)F)cc2)cc1. The lowest BCUT2D eigenvalue weighted by atomic mass is 10.2. The molecule has 2 aromatic carbocycles. The first-order valence-electron chi connectivity index (χ1n) is 6.31. The second-order valence-electron chi connectivity index (χ2n) is 4.39. The fourth-order valence-electron chi connectivity index (χ4n) is 1.64. The molecule has 0 saturated carbocycles. The normalized spacial score (nSPS) is 11.8. The van der Waals surface area contributed by atoms with Crippen LogP contribution in [0, 0.1) is 0 Å². The fraction of sp³-hybridized carbons (Fsp3) is 0.0714. The van der Waals surface area contributed by atoms with E-state index in [0.717, 1.165) is 0 Å². The minimum Gasteiger partial charge on any atom is -0.435 e. The van der Waals surface area contributed by atoms with E-state index in [9.17, 15) is 17.2 Å². The maximum absolute atomic E-state index is 12.0. The lowest BCUT2D eigenvalue weighted by Gasteiger charge is -2.04. The summed E-state index contributed by atoms with van der Waals surface area (Å²) in [6.45, 7) is -2.86. The standard InChI is InChI=1S/C14H13F2N3O3S/c15-14(16)22-12-5-1-10(2-6-12)9-18-19-11-3-7-13(8-4-11)23(17,20)21/h1-9,14,19H,(H2,17,20,21)/b18-9-. The molecule has 0 aromatic heterocycles. The topological polar surface area (TPSA) is 93.8 Å². The molecule has 6 nitrogen and oxygen atoms in total. The minimum atomic E-state index is -3.73. The van der Waals surface area contributed by atoms with E-state index in [1.54, 1.807) is 12.1 Å². The quantitative estimate of drug-likeness (QED) is 0.623. The molecule has 0 aliphatic rings. The Morgan fingerprint density at radius 3 is 2.22 bits per heavy atom. The Labute approximate surface area is 131 Å². The molecule has 0 unspecified atom stereocenters. The molecule has 0 aliphatic heterocycles. The molecule has 3 N–H and O–H groups in total. The summed E-state index contributed by atoms with van der Waals surface area (Å²) in [5, 5.41) is 8.94. The largest absolute Gasteiger partial charge is 0.435 e. The molecule has 9 heteroatoms. The summed E-state index contributed by atoms with van der Waals surface area (Å²) in [6.07, 6.45) is 1.47. The lowest BCUT2D eigenvalue weighted by molar-refractivity contribution is -0.0498. The second kappa shape index (κ2) is 7.16. The van der Waals surface area contributed by atoms with Gasteiger partial charge in [-0.1, -0.05) is 0 Å². The maximum atomic E-state index is 12.0. The second-order valence-corrected chi connectivity index (χ2v) is 5.95. The van der Waals surface area contributed by atoms with Crippen LogP contribution in [-0.2, 0) is 10.0 Å². The summed E-state index contributed by atoms with van der Waals surface area (Å²) in [5.74, 6) is 0.0590. The van der Waals surface area contributed by atoms with Crippen molar-refractivity contribution in [3.05, 3.63) is 54.1 Å². The van der Waals surface area contributed by atoms with Crippen molar-refractivity contribution >= 4 is 21.9 Å². The molecular weight excluding hydrogens is 328 g/mol. The molecule has 23 heavy (non-hydrogen) atoms. The average molecular weight is 341 g/mol. The van der Waals surface area contributed by atoms with Crippen LogP contribution in [0.15, 0.2) is 58.5 Å². The van der Waals surface area contributed by atoms with Crippen molar-refractivity contribution in [1.82, 2.24) is 0 Å². The van der Waals surface area contributed by atoms with E-state index >= 15 is 0 Å². The third-order valence-electron chi connectivity index (χ3n) is 2.70. The van der Waals surface area contributed by atoms with Gasteiger partial charge in [0.1, 0.15) is 5.75 Å². The van der Waals surface area contributed by atoms with Crippen LogP contribution in [0.2, 0.25) is 0 Å². The van der Waals surface area contributed by atoms with E-state index in [2.05, 4.69) is 15.3 Å². The molecule has 0 heterocycles. The summed E-state index contributed by atoms with van der Waals surface area (Å²) in [7, 11) is -3.73. The number of nitrogens with two attached hydrogens (primary N) is 1. The van der Waals surface area contributed by atoms with E-state index in [1.807, 2.05) is 0 Å². The van der Waals surface area contributed by atoms with Gasteiger partial charge in [0.25, 0.3) is 0 Å². The zero-order valence-electron chi connectivity index (χ0n) is 11.7. The lowest BCUT2D eigenvalue weighted by Crippen LogP contribution is -2.11. The van der Waals surface area contributed by atoms with Crippen molar-refractivity contribution in [2.75, 3.05) is 5.43 Å². The first kappa shape index (κ1) is 16.8. The first-order valence-corrected chi connectivity index (χ1v) is 7.86. The zero-order valence-corrected chi connectivity index (χ0v) is 12.5. The average Bonchev–Trinajstić information content (AvgIpc) is 2.48. The molecule has 0 atom stereocenters. The van der Waals surface area contributed by atoms with Crippen LogP contribution in [0.5, 0.6) is 5.75 Å². The van der Waals surface area contributed by atoms with Crippen LogP contribution in [0.25, 0.3) is 0 Å². The van der Waals surface area contributed by atoms with E-state index in [-0.39, 0.29) is 10.6 Å². The molecule has 0 fully saturated rings. The molecule has 0 aliphatic carbocycles. The Morgan fingerprint density at radius 1 is 1.09 bits per heavy atom. The molecule has 2 aromatic rings. The number of alkyl halides is 2. The number of anilines is 1. The van der Waals surface area contributed by atoms with Gasteiger partial charge < -0.3 is 4.74 Å². The summed E-state index contributed by atoms with van der Waals surface area (Å²) in [6, 6.07) is 11.6. The van der Waals surface area contributed by atoms with Gasteiger partial charge in [0.05, 0.1) is 16.8 Å². The number of halogens is 2. The number of ether oxygens (including phenoxy) is 1. The van der Waals surface area contributed by atoms with E-state index in [4.69, 9.17) is 5.14 Å². The molecule has 0 amide bonds. The predicted octanol–water partition coefficient (Wildman–Crippen LogP) is 2.38. The first-order chi connectivity index (χ1) is 10.8. The van der Waals surface area contributed by atoms with Gasteiger partial charge >= 0.3 is 6.61 Å². The van der Waals surface area contributed by atoms with E-state index < -0.39 is 16.6 Å². The summed E-state index contributed by atoms with van der Waals surface area (Å²) < 4.78 is 50.5. The number of hydrazone groups is 1. The van der Waals surface area contributed by atoms with Gasteiger partial charge in [0.2, 0.25) is 10.0 Å². The fourth-order valence-corrected chi connectivity index (χ4v) is 2.15. The number of nitrogens with one attached hydrogen (secondary N) is 1. The number of primary sulfonamides is 1. The van der Waals surface area contributed by atoms with Crippen molar-refractivity contribution in [2.24, 2.45) is 10.2 Å². The van der Waals surface area contributed by atoms with Gasteiger partial charge in [-0.2, -0.15) is 13.9 Å². The van der Waals surface area contributed by atoms with Crippen molar-refractivity contribution in [2.45, 2.75) is 11.5 Å². The highest BCUT2D eigenvalue weighted by molar-refractivity contribution is 7.89. The number of sulfonamides is 1. The van der Waals surface area contributed by atoms with Crippen LogP contribution in [0.4, 0.5) is 14.5 Å². The van der Waals surface area contributed by atoms with Crippen LogP contribution in [0.3, 0.4) is 0 Å². The van der Waals surface area contributed by atoms with Crippen molar-refractivity contribution < 1.29 is 21.9 Å². The van der Waals surface area contributed by atoms with Crippen molar-refractivity contribution in [3.8, 4) is 5.75 Å². The third-order valence-corrected chi connectivity index (χ3v) is 3.62. The van der Waals surface area contributed by atoms with E-state index in [1.165, 1.54) is 42.6 Å². The van der Waals surface area contributed by atoms with Crippen LogP contribution in [0.1, 0.15) is 5.56 Å².